The molecule has 2 aliphatic rings. The number of carbonyl (C=O) groups is 2. The number of anilines is 2. The molecule has 2 aromatic rings. The minimum atomic E-state index is -0.323. The molecule has 2 aliphatic heterocycles. The van der Waals surface area contributed by atoms with Crippen LogP contribution in [0.2, 0.25) is 0 Å². The van der Waals surface area contributed by atoms with Gasteiger partial charge in [-0.05, 0) is 48.5 Å². The van der Waals surface area contributed by atoms with E-state index in [0.717, 1.165) is 36.8 Å². The zero-order valence-electron chi connectivity index (χ0n) is 15.8. The van der Waals surface area contributed by atoms with Crippen LogP contribution in [0.15, 0.2) is 48.5 Å². The number of methoxy groups -OCH3 is 1. The number of rotatable bonds is 4. The fraction of sp³-hybridized carbons (Fsp3) is 0.333. The number of hydrogen-bond donors (Lipinski definition) is 2. The van der Waals surface area contributed by atoms with Gasteiger partial charge in [0.25, 0.3) is 5.91 Å². The Labute approximate surface area is 163 Å². The third-order valence-electron chi connectivity index (χ3n) is 5.59. The molecule has 0 aromatic heterocycles. The summed E-state index contributed by atoms with van der Waals surface area (Å²) in [6.45, 7) is 3.20. The van der Waals surface area contributed by atoms with Crippen molar-refractivity contribution in [2.24, 2.45) is 0 Å². The summed E-state index contributed by atoms with van der Waals surface area (Å²) in [7, 11) is 1.58. The molecular formula is C21H24N3O4+. The van der Waals surface area contributed by atoms with E-state index in [1.54, 1.807) is 43.5 Å². The second-order valence-electron chi connectivity index (χ2n) is 7.18. The number of nitrogens with one attached hydrogen (secondary N) is 1. The van der Waals surface area contributed by atoms with Gasteiger partial charge < -0.3 is 19.6 Å². The summed E-state index contributed by atoms with van der Waals surface area (Å²) in [4.78, 5) is 30.2. The SMILES string of the molecule is COc1ccc(N2C(=O)C[C@@H]([NH+]3CCN(c4ccc(O)cc4)CC3)C2=O)cc1. The Bertz CT molecular complexity index is 858. The first-order chi connectivity index (χ1) is 13.6. The molecule has 2 saturated heterocycles. The van der Waals surface area contributed by atoms with Crippen molar-refractivity contribution in [3.63, 3.8) is 0 Å². The molecule has 146 valence electrons. The Hall–Kier alpha value is -3.06. The minimum absolute atomic E-state index is 0.122. The van der Waals surface area contributed by atoms with Gasteiger partial charge in [-0.15, -0.1) is 0 Å². The fourth-order valence-electron chi connectivity index (χ4n) is 4.02. The first kappa shape index (κ1) is 18.3. The first-order valence-corrected chi connectivity index (χ1v) is 9.46. The van der Waals surface area contributed by atoms with E-state index < -0.39 is 0 Å². The average molecular weight is 382 g/mol. The Morgan fingerprint density at radius 3 is 2.18 bits per heavy atom. The Balaban J connectivity index is 1.42. The summed E-state index contributed by atoms with van der Waals surface area (Å²) in [5.74, 6) is 0.675. The van der Waals surface area contributed by atoms with E-state index in [0.29, 0.717) is 11.4 Å². The quantitative estimate of drug-likeness (QED) is 0.751. The second-order valence-corrected chi connectivity index (χ2v) is 7.18. The number of phenolic OH excluding ortho intramolecular Hbond substituents is 1. The number of hydrogen-bond acceptors (Lipinski definition) is 5. The van der Waals surface area contributed by atoms with E-state index in [9.17, 15) is 14.7 Å². The first-order valence-electron chi connectivity index (χ1n) is 9.46. The molecule has 28 heavy (non-hydrogen) atoms. The van der Waals surface area contributed by atoms with Crippen molar-refractivity contribution >= 4 is 23.2 Å². The van der Waals surface area contributed by atoms with Crippen LogP contribution in [-0.4, -0.2) is 56.3 Å². The highest BCUT2D eigenvalue weighted by Crippen LogP contribution is 2.25. The lowest BCUT2D eigenvalue weighted by Gasteiger charge is -2.35. The number of ether oxygens (including phenoxy) is 1. The monoisotopic (exact) mass is 382 g/mol. The molecule has 0 radical (unpaired) electrons. The lowest BCUT2D eigenvalue weighted by molar-refractivity contribution is -0.915. The summed E-state index contributed by atoms with van der Waals surface area (Å²) in [5, 5.41) is 9.44. The number of imide groups is 1. The van der Waals surface area contributed by atoms with Crippen LogP contribution < -0.4 is 19.4 Å². The molecule has 0 spiro atoms. The summed E-state index contributed by atoms with van der Waals surface area (Å²) >= 11 is 0. The van der Waals surface area contributed by atoms with Gasteiger partial charge in [0.2, 0.25) is 5.91 Å². The third kappa shape index (κ3) is 3.41. The highest BCUT2D eigenvalue weighted by molar-refractivity contribution is 6.21. The van der Waals surface area contributed by atoms with Crippen molar-refractivity contribution in [3.8, 4) is 11.5 Å². The van der Waals surface area contributed by atoms with E-state index in [-0.39, 0.29) is 30.0 Å². The Morgan fingerprint density at radius 1 is 0.964 bits per heavy atom. The predicted octanol–water partition coefficient (Wildman–Crippen LogP) is 0.438. The summed E-state index contributed by atoms with van der Waals surface area (Å²) in [5.41, 5.74) is 1.66. The topological polar surface area (TPSA) is 74.5 Å². The summed E-state index contributed by atoms with van der Waals surface area (Å²) < 4.78 is 5.14. The van der Waals surface area contributed by atoms with Crippen LogP contribution in [0.1, 0.15) is 6.42 Å². The maximum absolute atomic E-state index is 13.0. The molecule has 2 amide bonds. The molecule has 2 aromatic carbocycles. The molecule has 7 nitrogen and oxygen atoms in total. The van der Waals surface area contributed by atoms with Crippen molar-refractivity contribution in [2.45, 2.75) is 12.5 Å². The number of nitrogens with zero attached hydrogens (tertiary/aromatic N) is 2. The molecule has 0 bridgehead atoms. The molecule has 0 unspecified atom stereocenters. The van der Waals surface area contributed by atoms with Gasteiger partial charge in [-0.3, -0.25) is 9.59 Å². The molecule has 0 saturated carbocycles. The average Bonchev–Trinajstić information content (AvgIpc) is 3.03. The Kier molecular flexibility index (Phi) is 4.92. The largest absolute Gasteiger partial charge is 0.508 e. The van der Waals surface area contributed by atoms with Gasteiger partial charge in [0.05, 0.1) is 45.4 Å². The maximum Gasteiger partial charge on any atom is 0.292 e. The minimum Gasteiger partial charge on any atom is -0.508 e. The van der Waals surface area contributed by atoms with Crippen molar-refractivity contribution in [1.29, 1.82) is 0 Å². The highest BCUT2D eigenvalue weighted by Gasteiger charge is 2.46. The van der Waals surface area contributed by atoms with Crippen molar-refractivity contribution in [3.05, 3.63) is 48.5 Å². The van der Waals surface area contributed by atoms with Gasteiger partial charge in [-0.2, -0.15) is 0 Å². The van der Waals surface area contributed by atoms with Gasteiger partial charge >= 0.3 is 0 Å². The van der Waals surface area contributed by atoms with Crippen LogP contribution in [0.3, 0.4) is 0 Å². The van der Waals surface area contributed by atoms with E-state index >= 15 is 0 Å². The number of benzene rings is 2. The zero-order chi connectivity index (χ0) is 19.7. The standard InChI is InChI=1S/C21H23N3O4/c1-28-18-8-4-16(5-9-18)24-20(26)14-19(21(24)27)23-12-10-22(11-13-23)15-2-6-17(25)7-3-15/h2-9,19,25H,10-14H2,1H3/p+1/t19-/m1/s1. The fourth-order valence-corrected chi connectivity index (χ4v) is 4.02. The van der Waals surface area contributed by atoms with E-state index in [2.05, 4.69) is 4.90 Å². The lowest BCUT2D eigenvalue weighted by atomic mass is 10.1. The number of quaternary nitrogens is 1. The summed E-state index contributed by atoms with van der Waals surface area (Å²) in [6, 6.07) is 13.8. The molecular weight excluding hydrogens is 358 g/mol. The molecule has 4 rings (SSSR count). The molecule has 0 aliphatic carbocycles. The van der Waals surface area contributed by atoms with Gasteiger partial charge in [-0.25, -0.2) is 4.90 Å². The zero-order valence-corrected chi connectivity index (χ0v) is 15.8. The van der Waals surface area contributed by atoms with Crippen molar-refractivity contribution in [2.75, 3.05) is 43.1 Å². The molecule has 1 atom stereocenters. The van der Waals surface area contributed by atoms with Crippen LogP contribution >= 0.6 is 0 Å². The van der Waals surface area contributed by atoms with Gasteiger partial charge in [-0.1, -0.05) is 0 Å². The van der Waals surface area contributed by atoms with Crippen molar-refractivity contribution in [1.82, 2.24) is 0 Å². The van der Waals surface area contributed by atoms with Crippen LogP contribution in [0.5, 0.6) is 11.5 Å². The van der Waals surface area contributed by atoms with Gasteiger partial charge in [0.1, 0.15) is 11.5 Å². The second kappa shape index (κ2) is 7.52. The van der Waals surface area contributed by atoms with Crippen LogP contribution in [-0.2, 0) is 9.59 Å². The Morgan fingerprint density at radius 2 is 1.57 bits per heavy atom. The normalized spacial score (nSPS) is 20.7. The summed E-state index contributed by atoms with van der Waals surface area (Å²) in [6.07, 6.45) is 0.249. The van der Waals surface area contributed by atoms with Crippen LogP contribution in [0.25, 0.3) is 0 Å². The third-order valence-corrected chi connectivity index (χ3v) is 5.59. The van der Waals surface area contributed by atoms with Gasteiger partial charge in [0, 0.05) is 5.69 Å². The van der Waals surface area contributed by atoms with Crippen molar-refractivity contribution < 1.29 is 24.3 Å². The van der Waals surface area contributed by atoms with E-state index in [4.69, 9.17) is 4.74 Å². The molecule has 2 N–H and O–H groups in total. The maximum atomic E-state index is 13.0. The molecule has 2 fully saturated rings. The molecule has 7 heteroatoms. The lowest BCUT2D eigenvalue weighted by Crippen LogP contribution is -3.19. The van der Waals surface area contributed by atoms with Crippen LogP contribution in [0, 0.1) is 0 Å². The highest BCUT2D eigenvalue weighted by atomic mass is 16.5. The van der Waals surface area contributed by atoms with Gasteiger partial charge in [0.15, 0.2) is 6.04 Å². The predicted molar refractivity (Wildman–Crippen MR) is 105 cm³/mol. The molecule has 2 heterocycles. The number of carbonyl (C=O) groups excluding carboxylic acids is 2. The number of phenols is 1. The number of aromatic hydroxyl groups is 1. The smallest absolute Gasteiger partial charge is 0.292 e. The van der Waals surface area contributed by atoms with E-state index in [1.165, 1.54) is 4.90 Å². The van der Waals surface area contributed by atoms with E-state index in [1.807, 2.05) is 12.1 Å². The van der Waals surface area contributed by atoms with Crippen LogP contribution in [0.4, 0.5) is 11.4 Å². The number of amides is 2. The number of piperazine rings is 1.